The summed E-state index contributed by atoms with van der Waals surface area (Å²) in [5.41, 5.74) is 6.41. The summed E-state index contributed by atoms with van der Waals surface area (Å²) in [6, 6.07) is 5.81. The Kier molecular flexibility index (Phi) is 3.03. The number of phenolic OH excluding ortho intramolecular Hbond substituents is 1. The fraction of sp³-hybridized carbons (Fsp3) is 0.300. The third-order valence-electron chi connectivity index (χ3n) is 1.95. The van der Waals surface area contributed by atoms with Gasteiger partial charge in [-0.1, -0.05) is 19.1 Å². The number of rotatable bonds is 3. The molecule has 1 rings (SSSR count). The van der Waals surface area contributed by atoms with E-state index in [4.69, 9.17) is 10.8 Å². The zero-order valence-corrected chi connectivity index (χ0v) is 7.53. The molecule has 0 fully saturated rings. The molecule has 3 heteroatoms. The van der Waals surface area contributed by atoms with Crippen molar-refractivity contribution in [1.29, 1.82) is 0 Å². The first-order valence-electron chi connectivity index (χ1n) is 4.22. The Morgan fingerprint density at radius 2 is 2.00 bits per heavy atom. The van der Waals surface area contributed by atoms with Crippen LogP contribution >= 0.6 is 0 Å². The maximum absolute atomic E-state index is 11.2. The van der Waals surface area contributed by atoms with Crippen LogP contribution in [-0.2, 0) is 4.79 Å². The van der Waals surface area contributed by atoms with Crippen molar-refractivity contribution < 1.29 is 9.90 Å². The van der Waals surface area contributed by atoms with Crippen LogP contribution in [0, 0.1) is 0 Å². The lowest BCUT2D eigenvalue weighted by molar-refractivity contribution is -0.120. The van der Waals surface area contributed by atoms with Gasteiger partial charge in [0.1, 0.15) is 5.75 Å². The molecule has 0 aliphatic heterocycles. The van der Waals surface area contributed by atoms with Crippen LogP contribution in [0.5, 0.6) is 5.75 Å². The van der Waals surface area contributed by atoms with Gasteiger partial charge in [-0.2, -0.15) is 0 Å². The zero-order valence-electron chi connectivity index (χ0n) is 7.53. The fourth-order valence-electron chi connectivity index (χ4n) is 1.09. The van der Waals surface area contributed by atoms with E-state index in [9.17, 15) is 4.79 Å². The summed E-state index contributed by atoms with van der Waals surface area (Å²) >= 11 is 0. The Morgan fingerprint density at radius 1 is 1.46 bits per heavy atom. The molecule has 1 aromatic carbocycles. The molecule has 0 heterocycles. The summed E-state index contributed by atoms with van der Waals surface area (Å²) in [7, 11) is 0. The van der Waals surface area contributed by atoms with E-state index in [0.717, 1.165) is 5.56 Å². The maximum atomic E-state index is 11.2. The molecule has 0 spiro atoms. The van der Waals surface area contributed by atoms with E-state index in [1.54, 1.807) is 19.1 Å². The van der Waals surface area contributed by atoms with Gasteiger partial charge in [0.05, 0.1) is 6.04 Å². The summed E-state index contributed by atoms with van der Waals surface area (Å²) in [5.74, 6) is 0.186. The molecule has 0 aromatic heterocycles. The van der Waals surface area contributed by atoms with Crippen molar-refractivity contribution >= 4 is 5.78 Å². The van der Waals surface area contributed by atoms with Gasteiger partial charge in [0, 0.05) is 6.42 Å². The number of carbonyl (C=O) groups is 1. The second-order valence-corrected chi connectivity index (χ2v) is 2.89. The normalized spacial score (nSPS) is 12.5. The van der Waals surface area contributed by atoms with Gasteiger partial charge >= 0.3 is 0 Å². The molecule has 3 N–H and O–H groups in total. The highest BCUT2D eigenvalue weighted by Gasteiger charge is 2.12. The quantitative estimate of drug-likeness (QED) is 0.736. The van der Waals surface area contributed by atoms with Crippen molar-refractivity contribution in [3.63, 3.8) is 0 Å². The van der Waals surface area contributed by atoms with Gasteiger partial charge in [-0.05, 0) is 17.7 Å². The number of phenols is 1. The third kappa shape index (κ3) is 2.29. The molecule has 0 radical (unpaired) electrons. The lowest BCUT2D eigenvalue weighted by atomic mass is 10.0. The standard InChI is InChI=1S/C10H13NO2/c1-2-9(13)10(11)7-3-5-8(12)6-4-7/h3-6,10,12H,2,11H2,1H3. The fourth-order valence-corrected chi connectivity index (χ4v) is 1.09. The average molecular weight is 179 g/mol. The van der Waals surface area contributed by atoms with Crippen LogP contribution in [0.4, 0.5) is 0 Å². The highest BCUT2D eigenvalue weighted by molar-refractivity contribution is 5.84. The topological polar surface area (TPSA) is 63.3 Å². The predicted octanol–water partition coefficient (Wildman–Crippen LogP) is 1.37. The van der Waals surface area contributed by atoms with E-state index in [-0.39, 0.29) is 11.5 Å². The first kappa shape index (κ1) is 9.74. The van der Waals surface area contributed by atoms with Crippen molar-refractivity contribution in [3.8, 4) is 5.75 Å². The molecule has 0 amide bonds. The van der Waals surface area contributed by atoms with E-state index in [2.05, 4.69) is 0 Å². The summed E-state index contributed by atoms with van der Waals surface area (Å²) < 4.78 is 0. The monoisotopic (exact) mass is 179 g/mol. The molecule has 1 atom stereocenters. The summed E-state index contributed by atoms with van der Waals surface area (Å²) in [6.45, 7) is 1.78. The van der Waals surface area contributed by atoms with Gasteiger partial charge in [0.25, 0.3) is 0 Å². The number of benzene rings is 1. The molecule has 0 aliphatic carbocycles. The molecule has 1 aromatic rings. The molecule has 13 heavy (non-hydrogen) atoms. The van der Waals surface area contributed by atoms with Crippen LogP contribution in [0.15, 0.2) is 24.3 Å². The van der Waals surface area contributed by atoms with Crippen LogP contribution < -0.4 is 5.73 Å². The van der Waals surface area contributed by atoms with Gasteiger partial charge in [-0.15, -0.1) is 0 Å². The minimum atomic E-state index is -0.564. The van der Waals surface area contributed by atoms with E-state index < -0.39 is 6.04 Å². The minimum Gasteiger partial charge on any atom is -0.508 e. The minimum absolute atomic E-state index is 0.00527. The van der Waals surface area contributed by atoms with Crippen LogP contribution in [0.1, 0.15) is 24.9 Å². The van der Waals surface area contributed by atoms with Gasteiger partial charge in [0.2, 0.25) is 0 Å². The van der Waals surface area contributed by atoms with Crippen LogP contribution in [0.3, 0.4) is 0 Å². The van der Waals surface area contributed by atoms with Crippen LogP contribution in [-0.4, -0.2) is 10.9 Å². The van der Waals surface area contributed by atoms with Crippen LogP contribution in [0.2, 0.25) is 0 Å². The molecule has 0 aliphatic rings. The number of hydrogen-bond donors (Lipinski definition) is 2. The van der Waals surface area contributed by atoms with Crippen molar-refractivity contribution in [1.82, 2.24) is 0 Å². The smallest absolute Gasteiger partial charge is 0.153 e. The van der Waals surface area contributed by atoms with Crippen molar-refractivity contribution in [2.75, 3.05) is 0 Å². The summed E-state index contributed by atoms with van der Waals surface area (Å²) in [4.78, 5) is 11.2. The molecule has 0 bridgehead atoms. The molecular weight excluding hydrogens is 166 g/mol. The molecular formula is C10H13NO2. The second kappa shape index (κ2) is 4.05. The first-order chi connectivity index (χ1) is 6.15. The van der Waals surface area contributed by atoms with Crippen molar-refractivity contribution in [2.24, 2.45) is 5.73 Å². The Labute approximate surface area is 77.2 Å². The van der Waals surface area contributed by atoms with E-state index in [1.165, 1.54) is 12.1 Å². The van der Waals surface area contributed by atoms with E-state index in [0.29, 0.717) is 6.42 Å². The number of Topliss-reactive ketones (excluding diaryl/α,β-unsaturated/α-hetero) is 1. The highest BCUT2D eigenvalue weighted by atomic mass is 16.3. The maximum Gasteiger partial charge on any atom is 0.153 e. The molecule has 70 valence electrons. The molecule has 1 unspecified atom stereocenters. The Bertz CT molecular complexity index is 292. The van der Waals surface area contributed by atoms with Crippen molar-refractivity contribution in [3.05, 3.63) is 29.8 Å². The van der Waals surface area contributed by atoms with Gasteiger partial charge in [-0.25, -0.2) is 0 Å². The molecule has 0 saturated heterocycles. The Hall–Kier alpha value is -1.35. The molecule has 3 nitrogen and oxygen atoms in total. The Morgan fingerprint density at radius 3 is 2.46 bits per heavy atom. The zero-order chi connectivity index (χ0) is 9.84. The average Bonchev–Trinajstić information content (AvgIpc) is 2.17. The SMILES string of the molecule is CCC(=O)C(N)c1ccc(O)cc1. The number of hydrogen-bond acceptors (Lipinski definition) is 3. The number of ketones is 1. The first-order valence-corrected chi connectivity index (χ1v) is 4.22. The number of aromatic hydroxyl groups is 1. The second-order valence-electron chi connectivity index (χ2n) is 2.89. The highest BCUT2D eigenvalue weighted by Crippen LogP contribution is 2.16. The third-order valence-corrected chi connectivity index (χ3v) is 1.95. The van der Waals surface area contributed by atoms with E-state index >= 15 is 0 Å². The van der Waals surface area contributed by atoms with Gasteiger partial charge in [-0.3, -0.25) is 4.79 Å². The van der Waals surface area contributed by atoms with Crippen LogP contribution in [0.25, 0.3) is 0 Å². The predicted molar refractivity (Wildman–Crippen MR) is 50.3 cm³/mol. The Balaban J connectivity index is 2.83. The van der Waals surface area contributed by atoms with E-state index in [1.807, 2.05) is 0 Å². The lowest BCUT2D eigenvalue weighted by Gasteiger charge is -2.08. The summed E-state index contributed by atoms with van der Waals surface area (Å²) in [5, 5.41) is 9.01. The van der Waals surface area contributed by atoms with Crippen molar-refractivity contribution in [2.45, 2.75) is 19.4 Å². The largest absolute Gasteiger partial charge is 0.508 e. The van der Waals surface area contributed by atoms with Gasteiger partial charge < -0.3 is 10.8 Å². The lowest BCUT2D eigenvalue weighted by Crippen LogP contribution is -2.20. The molecule has 0 saturated carbocycles. The van der Waals surface area contributed by atoms with Gasteiger partial charge in [0.15, 0.2) is 5.78 Å². The number of nitrogens with two attached hydrogens (primary N) is 1. The number of carbonyl (C=O) groups excluding carboxylic acids is 1. The summed E-state index contributed by atoms with van der Waals surface area (Å²) in [6.07, 6.45) is 0.433.